The fraction of sp³-hybridized carbons (Fsp3) is 0.0169. The summed E-state index contributed by atoms with van der Waals surface area (Å²) in [6, 6.07) is 80.3. The van der Waals surface area contributed by atoms with Crippen LogP contribution in [0.5, 0.6) is 11.5 Å². The van der Waals surface area contributed by atoms with Crippen LogP contribution in [0.3, 0.4) is 0 Å². The van der Waals surface area contributed by atoms with Gasteiger partial charge in [0.25, 0.3) is 0 Å². The molecule has 10 aromatic carbocycles. The molecule has 1 aliphatic heterocycles. The van der Waals surface area contributed by atoms with E-state index in [4.69, 9.17) is 4.74 Å². The van der Waals surface area contributed by atoms with Gasteiger partial charge in [0.05, 0.1) is 22.1 Å². The summed E-state index contributed by atoms with van der Waals surface area (Å²) in [6.45, 7) is 0. The molecule has 4 heteroatoms. The van der Waals surface area contributed by atoms with Gasteiger partial charge >= 0.3 is 0 Å². The van der Waals surface area contributed by atoms with Crippen LogP contribution in [-0.2, 0) is 5.41 Å². The summed E-state index contributed by atoms with van der Waals surface area (Å²) in [5.41, 5.74) is 13.5. The second-order valence-corrected chi connectivity index (χ2v) is 17.8. The predicted octanol–water partition coefficient (Wildman–Crippen LogP) is 16.2. The highest BCUT2D eigenvalue weighted by Gasteiger charge is 2.49. The first-order valence-electron chi connectivity index (χ1n) is 21.6. The van der Waals surface area contributed by atoms with Gasteiger partial charge in [0.2, 0.25) is 0 Å². The topological polar surface area (TPSA) is 17.4 Å². The second-order valence-electron chi connectivity index (χ2n) is 16.8. The van der Waals surface area contributed by atoms with Gasteiger partial charge in [-0.1, -0.05) is 140 Å². The molecule has 0 amide bonds. The molecule has 0 fully saturated rings. The van der Waals surface area contributed by atoms with Crippen molar-refractivity contribution >= 4 is 81.1 Å². The van der Waals surface area contributed by atoms with Crippen molar-refractivity contribution in [2.24, 2.45) is 0 Å². The number of ether oxygens (including phenoxy) is 1. The third-order valence-electron chi connectivity index (χ3n) is 13.6. The molecule has 63 heavy (non-hydrogen) atoms. The average Bonchev–Trinajstić information content (AvgIpc) is 3.89. The number of anilines is 3. The van der Waals surface area contributed by atoms with E-state index in [1.807, 2.05) is 11.3 Å². The number of aromatic nitrogens is 1. The molecule has 0 radical (unpaired) electrons. The van der Waals surface area contributed by atoms with Crippen LogP contribution in [0.2, 0.25) is 0 Å². The van der Waals surface area contributed by atoms with Gasteiger partial charge in [-0.25, -0.2) is 0 Å². The maximum Gasteiger partial charge on any atom is 0.132 e. The first-order valence-corrected chi connectivity index (χ1v) is 22.4. The molecule has 3 nitrogen and oxygen atoms in total. The van der Waals surface area contributed by atoms with Gasteiger partial charge in [0, 0.05) is 59.1 Å². The molecular formula is C59H36N2OS. The Bertz CT molecular complexity index is 3810. The minimum atomic E-state index is -0.642. The van der Waals surface area contributed by atoms with E-state index in [0.29, 0.717) is 0 Å². The summed E-state index contributed by atoms with van der Waals surface area (Å²) in [4.78, 5) is 2.44. The van der Waals surface area contributed by atoms with E-state index in [1.54, 1.807) is 0 Å². The number of benzene rings is 10. The monoisotopic (exact) mass is 820 g/mol. The van der Waals surface area contributed by atoms with Gasteiger partial charge in [-0.05, 0) is 112 Å². The Morgan fingerprint density at radius 2 is 1.03 bits per heavy atom. The van der Waals surface area contributed by atoms with Crippen LogP contribution < -0.4 is 9.64 Å². The standard InChI is InChI=1S/C59H36N2OS/c1-2-17-38(18-3-1)60(39-32-34-51-45(35-39)42-19-4-8-25-50(42)61(51)52-26-14-30-56-58(52)44-20-5-11-29-55(44)63-56)40-31-33-41-43-21-12-15-37-16-13-24-48(57(37)43)59(49(41)36-40)46-22-6-9-27-53(46)62-54-28-10-7-23-47(54)59/h1-36H. The lowest BCUT2D eigenvalue weighted by atomic mass is 9.58. The van der Waals surface area contributed by atoms with Crippen LogP contribution in [0, 0.1) is 0 Å². The Kier molecular flexibility index (Phi) is 7.20. The predicted molar refractivity (Wildman–Crippen MR) is 263 cm³/mol. The molecule has 1 aliphatic carbocycles. The highest BCUT2D eigenvalue weighted by molar-refractivity contribution is 7.25. The largest absolute Gasteiger partial charge is 0.457 e. The van der Waals surface area contributed by atoms with Crippen molar-refractivity contribution in [1.82, 2.24) is 4.57 Å². The third-order valence-corrected chi connectivity index (χ3v) is 14.8. The van der Waals surface area contributed by atoms with E-state index in [9.17, 15) is 0 Å². The van der Waals surface area contributed by atoms with E-state index in [-0.39, 0.29) is 0 Å². The molecule has 1 spiro atoms. The number of fused-ring (bicyclic) bond motifs is 14. The molecular weight excluding hydrogens is 785 g/mol. The number of para-hydroxylation sites is 4. The van der Waals surface area contributed by atoms with Crippen molar-refractivity contribution < 1.29 is 4.74 Å². The number of rotatable bonds is 4. The molecule has 0 saturated carbocycles. The van der Waals surface area contributed by atoms with Crippen LogP contribution in [0.1, 0.15) is 22.3 Å². The first kappa shape index (κ1) is 34.8. The summed E-state index contributed by atoms with van der Waals surface area (Å²) in [7, 11) is 0. The number of thiophene rings is 1. The number of hydrogen-bond acceptors (Lipinski definition) is 3. The van der Waals surface area contributed by atoms with E-state index >= 15 is 0 Å². The van der Waals surface area contributed by atoms with Crippen molar-refractivity contribution in [2.75, 3.05) is 4.90 Å². The molecule has 0 bridgehead atoms. The van der Waals surface area contributed by atoms with Crippen LogP contribution in [-0.4, -0.2) is 4.57 Å². The van der Waals surface area contributed by atoms with E-state index in [0.717, 1.165) is 39.7 Å². The molecule has 294 valence electrons. The summed E-state index contributed by atoms with van der Waals surface area (Å²) in [5.74, 6) is 1.77. The van der Waals surface area contributed by atoms with Crippen molar-refractivity contribution in [2.45, 2.75) is 5.41 Å². The minimum absolute atomic E-state index is 0.642. The summed E-state index contributed by atoms with van der Waals surface area (Å²) < 4.78 is 11.8. The smallest absolute Gasteiger partial charge is 0.132 e. The van der Waals surface area contributed by atoms with E-state index in [1.165, 1.54) is 80.7 Å². The first-order chi connectivity index (χ1) is 31.3. The Balaban J connectivity index is 1.04. The van der Waals surface area contributed by atoms with Crippen LogP contribution in [0.15, 0.2) is 218 Å². The molecule has 2 aliphatic rings. The average molecular weight is 821 g/mol. The Labute approximate surface area is 367 Å². The van der Waals surface area contributed by atoms with Gasteiger partial charge in [-0.15, -0.1) is 11.3 Å². The van der Waals surface area contributed by atoms with Crippen LogP contribution in [0.25, 0.3) is 69.6 Å². The van der Waals surface area contributed by atoms with E-state index in [2.05, 4.69) is 228 Å². The second kappa shape index (κ2) is 13.0. The summed E-state index contributed by atoms with van der Waals surface area (Å²) in [6.07, 6.45) is 0. The van der Waals surface area contributed by atoms with Crippen molar-refractivity contribution in [3.05, 3.63) is 241 Å². The maximum absolute atomic E-state index is 6.76. The zero-order valence-electron chi connectivity index (χ0n) is 34.0. The number of nitrogens with zero attached hydrogens (tertiary/aromatic N) is 2. The minimum Gasteiger partial charge on any atom is -0.457 e. The Hall–Kier alpha value is -7.92. The van der Waals surface area contributed by atoms with Crippen molar-refractivity contribution in [3.63, 3.8) is 0 Å². The maximum atomic E-state index is 6.76. The lowest BCUT2D eigenvalue weighted by Gasteiger charge is -2.45. The van der Waals surface area contributed by atoms with Gasteiger partial charge in [0.1, 0.15) is 11.5 Å². The van der Waals surface area contributed by atoms with E-state index < -0.39 is 5.41 Å². The van der Waals surface area contributed by atoms with Gasteiger partial charge in [0.15, 0.2) is 0 Å². The molecule has 3 heterocycles. The van der Waals surface area contributed by atoms with Gasteiger partial charge in [-0.2, -0.15) is 0 Å². The fourth-order valence-corrected chi connectivity index (χ4v) is 12.3. The Morgan fingerprint density at radius 3 is 1.87 bits per heavy atom. The van der Waals surface area contributed by atoms with Gasteiger partial charge in [-0.3, -0.25) is 0 Å². The highest BCUT2D eigenvalue weighted by Crippen LogP contribution is 2.62. The molecule has 0 saturated heterocycles. The SMILES string of the molecule is c1ccc(N(c2ccc3c(c2)C2(c4ccccc4Oc4ccccc42)c2cccc4cccc-3c24)c2ccc3c(c2)c2ccccc2n3-c2cccc3sc4ccccc4c23)cc1. The van der Waals surface area contributed by atoms with Crippen LogP contribution in [0.4, 0.5) is 17.1 Å². The highest BCUT2D eigenvalue weighted by atomic mass is 32.1. The van der Waals surface area contributed by atoms with Crippen molar-refractivity contribution in [1.29, 1.82) is 0 Å². The quantitative estimate of drug-likeness (QED) is 0.176. The summed E-state index contributed by atoms with van der Waals surface area (Å²) in [5, 5.41) is 7.56. The van der Waals surface area contributed by atoms with Gasteiger partial charge < -0.3 is 14.2 Å². The zero-order chi connectivity index (χ0) is 41.2. The fourth-order valence-electron chi connectivity index (χ4n) is 11.1. The lowest BCUT2D eigenvalue weighted by molar-refractivity contribution is 0.435. The third kappa shape index (κ3) is 4.73. The number of hydrogen-bond donors (Lipinski definition) is 0. The Morgan fingerprint density at radius 1 is 0.397 bits per heavy atom. The van der Waals surface area contributed by atoms with Crippen LogP contribution >= 0.6 is 11.3 Å². The lowest BCUT2D eigenvalue weighted by Crippen LogP contribution is -2.36. The normalized spacial score (nSPS) is 13.3. The summed E-state index contributed by atoms with van der Waals surface area (Å²) >= 11 is 1.86. The van der Waals surface area contributed by atoms with Crippen molar-refractivity contribution in [3.8, 4) is 28.3 Å². The zero-order valence-corrected chi connectivity index (χ0v) is 34.8. The molecule has 0 atom stereocenters. The molecule has 2 aromatic heterocycles. The molecule has 14 rings (SSSR count). The molecule has 0 N–H and O–H groups in total. The molecule has 0 unspecified atom stereocenters. The molecule has 12 aromatic rings.